The van der Waals surface area contributed by atoms with Gasteiger partial charge in [-0.2, -0.15) is 5.26 Å². The van der Waals surface area contributed by atoms with Crippen LogP contribution in [0.25, 0.3) is 22.4 Å². The van der Waals surface area contributed by atoms with Gasteiger partial charge in [0.05, 0.1) is 17.0 Å². The second-order valence-corrected chi connectivity index (χ2v) is 9.15. The highest BCUT2D eigenvalue weighted by molar-refractivity contribution is 8.00. The van der Waals surface area contributed by atoms with Crippen LogP contribution in [-0.2, 0) is 4.79 Å². The van der Waals surface area contributed by atoms with Gasteiger partial charge in [-0.3, -0.25) is 4.79 Å². The summed E-state index contributed by atoms with van der Waals surface area (Å²) >= 11 is 1.29. The first-order valence-electron chi connectivity index (χ1n) is 11.0. The molecule has 1 aromatic heterocycles. The number of pyridine rings is 1. The number of aryl methyl sites for hydroxylation is 3. The number of nitriles is 1. The minimum atomic E-state index is -0.130. The summed E-state index contributed by atoms with van der Waals surface area (Å²) in [4.78, 5) is 17.6. The Hall–Kier alpha value is -3.88. The first kappa shape index (κ1) is 23.3. The molecule has 34 heavy (non-hydrogen) atoms. The fourth-order valence-electron chi connectivity index (χ4n) is 3.77. The van der Waals surface area contributed by atoms with Crippen LogP contribution in [0.3, 0.4) is 0 Å². The molecule has 4 aromatic rings. The number of anilines is 1. The summed E-state index contributed by atoms with van der Waals surface area (Å²) in [6, 6.07) is 28.2. The highest BCUT2D eigenvalue weighted by Crippen LogP contribution is 2.34. The van der Waals surface area contributed by atoms with Crippen molar-refractivity contribution in [1.29, 1.82) is 5.26 Å². The summed E-state index contributed by atoms with van der Waals surface area (Å²) in [7, 11) is 0. The monoisotopic (exact) mass is 463 g/mol. The molecular weight excluding hydrogens is 438 g/mol. The van der Waals surface area contributed by atoms with E-state index in [1.165, 1.54) is 17.3 Å². The lowest BCUT2D eigenvalue weighted by atomic mass is 9.99. The van der Waals surface area contributed by atoms with Gasteiger partial charge in [0.15, 0.2) is 0 Å². The fourth-order valence-corrected chi connectivity index (χ4v) is 4.58. The normalized spacial score (nSPS) is 10.5. The first-order chi connectivity index (χ1) is 16.5. The van der Waals surface area contributed by atoms with Crippen LogP contribution in [0, 0.1) is 32.1 Å². The van der Waals surface area contributed by atoms with E-state index in [0.29, 0.717) is 10.6 Å². The van der Waals surface area contributed by atoms with Crippen LogP contribution in [0.15, 0.2) is 83.9 Å². The van der Waals surface area contributed by atoms with E-state index in [0.717, 1.165) is 39.2 Å². The Bertz CT molecular complexity index is 1350. The number of hydrogen-bond donors (Lipinski definition) is 1. The summed E-state index contributed by atoms with van der Waals surface area (Å²) < 4.78 is 0. The van der Waals surface area contributed by atoms with Gasteiger partial charge in [0.1, 0.15) is 11.1 Å². The van der Waals surface area contributed by atoms with Gasteiger partial charge in [0.25, 0.3) is 0 Å². The third-order valence-electron chi connectivity index (χ3n) is 5.62. The van der Waals surface area contributed by atoms with Crippen molar-refractivity contribution >= 4 is 23.4 Å². The van der Waals surface area contributed by atoms with E-state index in [-0.39, 0.29) is 11.7 Å². The molecule has 0 aliphatic heterocycles. The maximum absolute atomic E-state index is 12.8. The third kappa shape index (κ3) is 5.19. The van der Waals surface area contributed by atoms with Crippen molar-refractivity contribution in [3.63, 3.8) is 0 Å². The summed E-state index contributed by atoms with van der Waals surface area (Å²) in [6.45, 7) is 5.99. The molecule has 1 amide bonds. The number of carbonyl (C=O) groups is 1. The number of hydrogen-bond acceptors (Lipinski definition) is 4. The van der Waals surface area contributed by atoms with E-state index >= 15 is 0 Å². The van der Waals surface area contributed by atoms with Gasteiger partial charge in [0, 0.05) is 16.8 Å². The Morgan fingerprint density at radius 2 is 1.59 bits per heavy atom. The van der Waals surface area contributed by atoms with Crippen molar-refractivity contribution < 1.29 is 4.79 Å². The van der Waals surface area contributed by atoms with Crippen LogP contribution < -0.4 is 5.32 Å². The van der Waals surface area contributed by atoms with E-state index in [9.17, 15) is 10.1 Å². The molecule has 0 saturated carbocycles. The molecular formula is C29H25N3OS. The molecule has 0 unspecified atom stereocenters. The number of nitrogens with one attached hydrogen (secondary N) is 1. The van der Waals surface area contributed by atoms with E-state index in [1.54, 1.807) is 0 Å². The van der Waals surface area contributed by atoms with Gasteiger partial charge < -0.3 is 5.32 Å². The van der Waals surface area contributed by atoms with Crippen molar-refractivity contribution in [2.24, 2.45) is 0 Å². The van der Waals surface area contributed by atoms with Crippen LogP contribution >= 0.6 is 11.8 Å². The molecule has 0 bridgehead atoms. The quantitative estimate of drug-likeness (QED) is 0.314. The summed E-state index contributed by atoms with van der Waals surface area (Å²) in [5.41, 5.74) is 8.00. The molecule has 4 rings (SSSR count). The lowest BCUT2D eigenvalue weighted by molar-refractivity contribution is -0.113. The molecule has 3 aromatic carbocycles. The number of thioether (sulfide) groups is 1. The molecule has 0 aliphatic carbocycles. The first-order valence-corrected chi connectivity index (χ1v) is 12.0. The molecule has 0 saturated heterocycles. The Kier molecular flexibility index (Phi) is 7.10. The molecule has 1 N–H and O–H groups in total. The zero-order valence-corrected chi connectivity index (χ0v) is 20.2. The lowest BCUT2D eigenvalue weighted by Crippen LogP contribution is -2.16. The Morgan fingerprint density at radius 1 is 0.912 bits per heavy atom. The fraction of sp³-hybridized carbons (Fsp3) is 0.138. The van der Waals surface area contributed by atoms with E-state index in [1.807, 2.05) is 99.6 Å². The van der Waals surface area contributed by atoms with Gasteiger partial charge >= 0.3 is 0 Å². The van der Waals surface area contributed by atoms with Gasteiger partial charge in [-0.15, -0.1) is 0 Å². The van der Waals surface area contributed by atoms with Crippen LogP contribution in [0.1, 0.15) is 22.3 Å². The van der Waals surface area contributed by atoms with Crippen molar-refractivity contribution in [3.8, 4) is 28.5 Å². The summed E-state index contributed by atoms with van der Waals surface area (Å²) in [5.74, 6) is 0.0243. The molecule has 0 aliphatic rings. The van der Waals surface area contributed by atoms with Crippen molar-refractivity contribution in [2.75, 3.05) is 11.1 Å². The maximum atomic E-state index is 12.8. The van der Waals surface area contributed by atoms with E-state index in [2.05, 4.69) is 11.4 Å². The SMILES string of the molecule is Cc1ccc(-c2cc(-c3ccccc3)c(C#N)c(SCC(=O)Nc3c(C)cccc3C)n2)cc1. The second-order valence-electron chi connectivity index (χ2n) is 8.18. The second kappa shape index (κ2) is 10.4. The molecule has 0 spiro atoms. The van der Waals surface area contributed by atoms with Crippen molar-refractivity contribution in [2.45, 2.75) is 25.8 Å². The molecule has 5 heteroatoms. The molecule has 168 valence electrons. The summed E-state index contributed by atoms with van der Waals surface area (Å²) in [5, 5.41) is 13.6. The number of carbonyl (C=O) groups excluding carboxylic acids is 1. The standard InChI is InChI=1S/C29H25N3OS/c1-19-12-14-23(15-13-19)26-16-24(22-10-5-4-6-11-22)25(17-30)29(31-26)34-18-27(33)32-28-20(2)8-7-9-21(28)3/h4-16H,18H2,1-3H3,(H,32,33). The average Bonchev–Trinajstić information content (AvgIpc) is 2.85. The number of benzene rings is 3. The Morgan fingerprint density at radius 3 is 2.24 bits per heavy atom. The van der Waals surface area contributed by atoms with Crippen molar-refractivity contribution in [1.82, 2.24) is 4.98 Å². The Balaban J connectivity index is 1.69. The predicted molar refractivity (Wildman–Crippen MR) is 140 cm³/mol. The predicted octanol–water partition coefficient (Wildman–Crippen LogP) is 6.94. The number of amides is 1. The lowest BCUT2D eigenvalue weighted by Gasteiger charge is -2.14. The molecule has 0 radical (unpaired) electrons. The van der Waals surface area contributed by atoms with Gasteiger partial charge in [-0.25, -0.2) is 4.98 Å². The van der Waals surface area contributed by atoms with Gasteiger partial charge in [-0.05, 0) is 43.5 Å². The van der Waals surface area contributed by atoms with Crippen molar-refractivity contribution in [3.05, 3.63) is 101 Å². The highest BCUT2D eigenvalue weighted by Gasteiger charge is 2.17. The summed E-state index contributed by atoms with van der Waals surface area (Å²) in [6.07, 6.45) is 0. The average molecular weight is 464 g/mol. The molecule has 1 heterocycles. The van der Waals surface area contributed by atoms with E-state index < -0.39 is 0 Å². The van der Waals surface area contributed by atoms with Crippen LogP contribution in [0.2, 0.25) is 0 Å². The van der Waals surface area contributed by atoms with Crippen LogP contribution in [-0.4, -0.2) is 16.6 Å². The minimum absolute atomic E-state index is 0.130. The zero-order valence-electron chi connectivity index (χ0n) is 19.4. The van der Waals surface area contributed by atoms with Crippen LogP contribution in [0.5, 0.6) is 0 Å². The van der Waals surface area contributed by atoms with Gasteiger partial charge in [-0.1, -0.05) is 90.1 Å². The van der Waals surface area contributed by atoms with Gasteiger partial charge in [0.2, 0.25) is 5.91 Å². The number of aromatic nitrogens is 1. The maximum Gasteiger partial charge on any atom is 0.234 e. The topological polar surface area (TPSA) is 65.8 Å². The van der Waals surface area contributed by atoms with Crippen LogP contribution in [0.4, 0.5) is 5.69 Å². The van der Waals surface area contributed by atoms with E-state index in [4.69, 9.17) is 4.98 Å². The molecule has 4 nitrogen and oxygen atoms in total. The highest BCUT2D eigenvalue weighted by atomic mass is 32.2. The zero-order chi connectivity index (χ0) is 24.1. The Labute approximate surface area is 204 Å². The minimum Gasteiger partial charge on any atom is -0.325 e. The molecule has 0 fully saturated rings. The molecule has 0 atom stereocenters. The smallest absolute Gasteiger partial charge is 0.234 e. The number of rotatable bonds is 6. The largest absolute Gasteiger partial charge is 0.325 e. The number of nitrogens with zero attached hydrogens (tertiary/aromatic N) is 2. The third-order valence-corrected chi connectivity index (χ3v) is 6.59. The number of para-hydroxylation sites is 1.